The van der Waals surface area contributed by atoms with Crippen molar-refractivity contribution in [2.75, 3.05) is 13.4 Å². The van der Waals surface area contributed by atoms with E-state index < -0.39 is 26.1 Å². The summed E-state index contributed by atoms with van der Waals surface area (Å²) in [6.07, 6.45) is 3.88. The summed E-state index contributed by atoms with van der Waals surface area (Å²) in [5.74, 6) is -0.963. The predicted molar refractivity (Wildman–Crippen MR) is 102 cm³/mol. The largest absolute Gasteiger partial charge is 0.495 e. The number of sulfone groups is 1. The normalized spacial score (nSPS) is 25.1. The molecule has 0 amide bonds. The monoisotopic (exact) mass is 410 g/mol. The zero-order valence-electron chi connectivity index (χ0n) is 14.6. The van der Waals surface area contributed by atoms with E-state index in [2.05, 4.69) is 0 Å². The van der Waals surface area contributed by atoms with Crippen LogP contribution < -0.4 is 4.74 Å². The molecule has 2 aromatic carbocycles. The Morgan fingerprint density at radius 1 is 1.04 bits per heavy atom. The third-order valence-electron chi connectivity index (χ3n) is 4.66. The van der Waals surface area contributed by atoms with Crippen LogP contribution in [0.4, 0.5) is 8.78 Å². The van der Waals surface area contributed by atoms with Crippen LogP contribution in [-0.4, -0.2) is 21.8 Å². The van der Waals surface area contributed by atoms with E-state index in [1.165, 1.54) is 43.5 Å². The molecule has 2 unspecified atom stereocenters. The van der Waals surface area contributed by atoms with E-state index in [9.17, 15) is 8.42 Å². The molecule has 27 heavy (non-hydrogen) atoms. The van der Waals surface area contributed by atoms with Gasteiger partial charge in [-0.15, -0.1) is 0 Å². The van der Waals surface area contributed by atoms with Gasteiger partial charge >= 0.3 is 0 Å². The van der Waals surface area contributed by atoms with Gasteiger partial charge in [0.05, 0.1) is 12.1 Å². The summed E-state index contributed by atoms with van der Waals surface area (Å²) in [7, 11) is -2.53. The highest BCUT2D eigenvalue weighted by molar-refractivity contribution is 7.92. The zero-order chi connectivity index (χ0) is 19.9. The molecule has 0 fully saturated rings. The number of methoxy groups -OCH3 is 1. The molecule has 3 rings (SSSR count). The van der Waals surface area contributed by atoms with E-state index in [0.717, 1.165) is 18.4 Å². The maximum absolute atomic E-state index is 15.4. The summed E-state index contributed by atoms with van der Waals surface area (Å²) in [6, 6.07) is 12.0. The fraction of sp³-hybridized carbons (Fsp3) is 0.200. The Morgan fingerprint density at radius 3 is 2.26 bits per heavy atom. The fourth-order valence-electron chi connectivity index (χ4n) is 3.10. The summed E-state index contributed by atoms with van der Waals surface area (Å²) in [6.45, 7) is 0. The Bertz CT molecular complexity index is 1030. The molecule has 1 aliphatic rings. The van der Waals surface area contributed by atoms with Gasteiger partial charge in [-0.1, -0.05) is 54.1 Å². The quantitative estimate of drug-likeness (QED) is 0.675. The van der Waals surface area contributed by atoms with Gasteiger partial charge in [0, 0.05) is 6.26 Å². The summed E-state index contributed by atoms with van der Waals surface area (Å²) in [5.41, 5.74) is -2.26. The van der Waals surface area contributed by atoms with E-state index in [1.54, 1.807) is 18.2 Å². The van der Waals surface area contributed by atoms with E-state index in [0.29, 0.717) is 0 Å². The molecule has 0 spiro atoms. The molecule has 3 nitrogen and oxygen atoms in total. The van der Waals surface area contributed by atoms with Crippen LogP contribution in [-0.2, 0) is 20.3 Å². The number of hydrogen-bond acceptors (Lipinski definition) is 3. The lowest BCUT2D eigenvalue weighted by Gasteiger charge is -2.33. The van der Waals surface area contributed by atoms with Crippen molar-refractivity contribution in [1.82, 2.24) is 0 Å². The lowest BCUT2D eigenvalue weighted by molar-refractivity contribution is 0.232. The van der Waals surface area contributed by atoms with Crippen molar-refractivity contribution in [2.45, 2.75) is 10.4 Å². The summed E-state index contributed by atoms with van der Waals surface area (Å²) in [4.78, 5) is 0. The minimum absolute atomic E-state index is 0.0748. The first-order chi connectivity index (χ1) is 12.6. The van der Waals surface area contributed by atoms with Crippen molar-refractivity contribution >= 4 is 21.4 Å². The molecule has 7 heteroatoms. The van der Waals surface area contributed by atoms with Gasteiger partial charge in [0.1, 0.15) is 16.3 Å². The van der Waals surface area contributed by atoms with Crippen LogP contribution in [0.25, 0.3) is 0 Å². The van der Waals surface area contributed by atoms with Crippen LogP contribution in [0.1, 0.15) is 11.1 Å². The fourth-order valence-corrected chi connectivity index (χ4v) is 4.48. The van der Waals surface area contributed by atoms with Crippen molar-refractivity contribution in [3.63, 3.8) is 0 Å². The Morgan fingerprint density at radius 2 is 1.70 bits per heavy atom. The third kappa shape index (κ3) is 3.17. The first kappa shape index (κ1) is 19.6. The van der Waals surface area contributed by atoms with Crippen molar-refractivity contribution in [3.8, 4) is 5.75 Å². The molecule has 0 saturated carbocycles. The van der Waals surface area contributed by atoms with Crippen LogP contribution >= 0.6 is 11.6 Å². The maximum atomic E-state index is 15.4. The zero-order valence-corrected chi connectivity index (χ0v) is 16.2. The highest BCUT2D eigenvalue weighted by Crippen LogP contribution is 2.47. The summed E-state index contributed by atoms with van der Waals surface area (Å²) < 4.78 is 58.9. The molecule has 142 valence electrons. The Balaban J connectivity index is 2.21. The lowest BCUT2D eigenvalue weighted by atomic mass is 9.84. The molecule has 1 aliphatic carbocycles. The van der Waals surface area contributed by atoms with Gasteiger partial charge in [-0.3, -0.25) is 0 Å². The maximum Gasteiger partial charge on any atom is 0.205 e. The minimum atomic E-state index is -3.91. The number of hydrogen-bond donors (Lipinski definition) is 0. The third-order valence-corrected chi connectivity index (χ3v) is 6.69. The number of ether oxygens (including phenoxy) is 1. The van der Waals surface area contributed by atoms with E-state index >= 15 is 8.78 Å². The molecule has 2 aromatic rings. The first-order valence-corrected chi connectivity index (χ1v) is 10.3. The first-order valence-electron chi connectivity index (χ1n) is 8.01. The van der Waals surface area contributed by atoms with Gasteiger partial charge in [0.25, 0.3) is 0 Å². The molecule has 0 heterocycles. The van der Waals surface area contributed by atoms with Crippen LogP contribution in [0.2, 0.25) is 5.02 Å². The van der Waals surface area contributed by atoms with Crippen molar-refractivity contribution in [1.29, 1.82) is 0 Å². The second-order valence-electron chi connectivity index (χ2n) is 6.32. The van der Waals surface area contributed by atoms with Gasteiger partial charge in [0.2, 0.25) is 5.67 Å². The van der Waals surface area contributed by atoms with Gasteiger partial charge in [0.15, 0.2) is 9.84 Å². The predicted octanol–water partition coefficient (Wildman–Crippen LogP) is 4.88. The molecule has 0 bridgehead atoms. The number of benzene rings is 2. The van der Waals surface area contributed by atoms with Crippen LogP contribution in [0.5, 0.6) is 5.75 Å². The number of rotatable bonds is 4. The molecule has 0 aliphatic heterocycles. The number of halogens is 3. The average Bonchev–Trinajstić information content (AvgIpc) is 2.64. The summed E-state index contributed by atoms with van der Waals surface area (Å²) >= 11 is 6.01. The smallest absolute Gasteiger partial charge is 0.205 e. The molecule has 0 radical (unpaired) electrons. The Hall–Kier alpha value is -2.18. The lowest BCUT2D eigenvalue weighted by Crippen LogP contribution is -2.36. The van der Waals surface area contributed by atoms with Crippen molar-refractivity contribution < 1.29 is 21.9 Å². The second-order valence-corrected chi connectivity index (χ2v) is 8.95. The van der Waals surface area contributed by atoms with Crippen molar-refractivity contribution in [3.05, 3.63) is 88.7 Å². The number of allylic oxidation sites excluding steroid dienone is 2. The summed E-state index contributed by atoms with van der Waals surface area (Å²) in [5, 5.41) is 0.276. The molecular weight excluding hydrogens is 394 g/mol. The van der Waals surface area contributed by atoms with Crippen LogP contribution in [0.3, 0.4) is 0 Å². The number of alkyl halides is 1. The van der Waals surface area contributed by atoms with Crippen LogP contribution in [0.15, 0.2) is 72.6 Å². The topological polar surface area (TPSA) is 43.4 Å². The Labute approximate surface area is 161 Å². The van der Waals surface area contributed by atoms with Gasteiger partial charge < -0.3 is 4.74 Å². The van der Waals surface area contributed by atoms with Gasteiger partial charge in [-0.25, -0.2) is 17.2 Å². The van der Waals surface area contributed by atoms with Crippen LogP contribution in [0, 0.1) is 0 Å². The standard InChI is InChI=1S/C20H17ClF2O3S/c1-26-17-12-15(8-9-16(17)21)19(27(2,24)25)10-11-20(23,18(22)13-19)14-6-4-3-5-7-14/h3-13H,1-2H3. The minimum Gasteiger partial charge on any atom is -0.495 e. The van der Waals surface area contributed by atoms with Crippen molar-refractivity contribution in [2.24, 2.45) is 0 Å². The van der Waals surface area contributed by atoms with E-state index in [4.69, 9.17) is 16.3 Å². The molecule has 0 aromatic heterocycles. The highest BCUT2D eigenvalue weighted by Gasteiger charge is 2.48. The van der Waals surface area contributed by atoms with Gasteiger partial charge in [-0.05, 0) is 35.4 Å². The average molecular weight is 411 g/mol. The highest BCUT2D eigenvalue weighted by atomic mass is 35.5. The second kappa shape index (κ2) is 6.77. The van der Waals surface area contributed by atoms with Gasteiger partial charge in [-0.2, -0.15) is 0 Å². The molecule has 2 atom stereocenters. The Kier molecular flexibility index (Phi) is 4.91. The molecule has 0 N–H and O–H groups in total. The molecular formula is C20H17ClF2O3S. The van der Waals surface area contributed by atoms with E-state index in [-0.39, 0.29) is 21.9 Å². The van der Waals surface area contributed by atoms with E-state index in [1.807, 2.05) is 0 Å². The SMILES string of the molecule is COc1cc(C2(S(C)(=O)=O)C=CC(F)(c3ccccc3)C(F)=C2)ccc1Cl. The molecule has 0 saturated heterocycles.